The average Bonchev–Trinajstić information content (AvgIpc) is 2.29. The summed E-state index contributed by atoms with van der Waals surface area (Å²) in [6.07, 6.45) is 1.52. The van der Waals surface area contributed by atoms with E-state index in [1.165, 1.54) is 6.20 Å². The number of carbonyl (C=O) groups excluding carboxylic acids is 1. The predicted octanol–water partition coefficient (Wildman–Crippen LogP) is 2.15. The predicted molar refractivity (Wildman–Crippen MR) is 67.4 cm³/mol. The Hall–Kier alpha value is -1.13. The number of pyridine rings is 1. The van der Waals surface area contributed by atoms with Crippen LogP contribution in [0.4, 0.5) is 0 Å². The number of ether oxygens (including phenoxy) is 1. The van der Waals surface area contributed by atoms with Crippen molar-refractivity contribution in [3.05, 3.63) is 28.5 Å². The van der Waals surface area contributed by atoms with Crippen LogP contribution in [0.5, 0.6) is 0 Å². The molecule has 0 fully saturated rings. The molecule has 0 aliphatic heterocycles. The van der Waals surface area contributed by atoms with Crippen LogP contribution >= 0.6 is 11.6 Å². The maximum absolute atomic E-state index is 12.2. The number of nitrogens with zero attached hydrogens (tertiary/aromatic N) is 2. The Morgan fingerprint density at radius 2 is 2.29 bits per heavy atom. The van der Waals surface area contributed by atoms with Gasteiger partial charge in [-0.05, 0) is 19.9 Å². The summed E-state index contributed by atoms with van der Waals surface area (Å²) in [7, 11) is 1.61. The largest absolute Gasteiger partial charge is 0.383 e. The molecule has 0 spiro atoms. The quantitative estimate of drug-likeness (QED) is 0.811. The molecule has 4 nitrogen and oxygen atoms in total. The number of carbonyl (C=O) groups is 1. The minimum Gasteiger partial charge on any atom is -0.383 e. The van der Waals surface area contributed by atoms with Gasteiger partial charge in [-0.2, -0.15) is 0 Å². The Balaban J connectivity index is 2.86. The van der Waals surface area contributed by atoms with Gasteiger partial charge in [-0.3, -0.25) is 9.78 Å². The normalized spacial score (nSPS) is 10.4. The molecule has 5 heteroatoms. The molecule has 0 aliphatic carbocycles. The monoisotopic (exact) mass is 256 g/mol. The van der Waals surface area contributed by atoms with Gasteiger partial charge < -0.3 is 9.64 Å². The minimum atomic E-state index is -0.109. The lowest BCUT2D eigenvalue weighted by Crippen LogP contribution is -2.34. The van der Waals surface area contributed by atoms with Gasteiger partial charge in [-0.25, -0.2) is 0 Å². The van der Waals surface area contributed by atoms with Crippen LogP contribution in [0.3, 0.4) is 0 Å². The van der Waals surface area contributed by atoms with Crippen LogP contribution in [0.1, 0.15) is 23.0 Å². The highest BCUT2D eigenvalue weighted by atomic mass is 35.5. The lowest BCUT2D eigenvalue weighted by atomic mass is 10.2. The fraction of sp³-hybridized carbons (Fsp3) is 0.500. The highest BCUT2D eigenvalue weighted by molar-refractivity contribution is 6.33. The molecular formula is C12H17ClN2O2. The van der Waals surface area contributed by atoms with Crippen molar-refractivity contribution in [3.8, 4) is 0 Å². The number of amides is 1. The third-order valence-electron chi connectivity index (χ3n) is 2.45. The van der Waals surface area contributed by atoms with Gasteiger partial charge in [0.15, 0.2) is 0 Å². The van der Waals surface area contributed by atoms with Gasteiger partial charge in [-0.1, -0.05) is 11.6 Å². The third-order valence-corrected chi connectivity index (χ3v) is 2.77. The van der Waals surface area contributed by atoms with Crippen molar-refractivity contribution in [2.45, 2.75) is 13.8 Å². The average molecular weight is 257 g/mol. The SMILES string of the molecule is CCN(CCOC)C(=O)c1cnc(C)cc1Cl. The molecule has 1 rings (SSSR count). The van der Waals surface area contributed by atoms with Crippen LogP contribution < -0.4 is 0 Å². The molecule has 0 bridgehead atoms. The topological polar surface area (TPSA) is 42.4 Å². The van der Waals surface area contributed by atoms with E-state index in [1.54, 1.807) is 18.1 Å². The van der Waals surface area contributed by atoms with Crippen molar-refractivity contribution < 1.29 is 9.53 Å². The number of methoxy groups -OCH3 is 1. The van der Waals surface area contributed by atoms with E-state index >= 15 is 0 Å². The smallest absolute Gasteiger partial charge is 0.257 e. The van der Waals surface area contributed by atoms with Gasteiger partial charge in [-0.15, -0.1) is 0 Å². The Morgan fingerprint density at radius 3 is 2.82 bits per heavy atom. The standard InChI is InChI=1S/C12H17ClN2O2/c1-4-15(5-6-17-3)12(16)10-8-14-9(2)7-11(10)13/h7-8H,4-6H2,1-3H3. The summed E-state index contributed by atoms with van der Waals surface area (Å²) < 4.78 is 4.97. The summed E-state index contributed by atoms with van der Waals surface area (Å²) >= 11 is 6.04. The van der Waals surface area contributed by atoms with Crippen molar-refractivity contribution in [1.29, 1.82) is 0 Å². The molecule has 0 atom stereocenters. The molecule has 17 heavy (non-hydrogen) atoms. The number of hydrogen-bond acceptors (Lipinski definition) is 3. The van der Waals surface area contributed by atoms with Crippen molar-refractivity contribution in [3.63, 3.8) is 0 Å². The minimum absolute atomic E-state index is 0.109. The number of rotatable bonds is 5. The van der Waals surface area contributed by atoms with Crippen LogP contribution in [0.15, 0.2) is 12.3 Å². The summed E-state index contributed by atoms with van der Waals surface area (Å²) in [5.41, 5.74) is 1.24. The van der Waals surface area contributed by atoms with Gasteiger partial charge in [0.05, 0.1) is 17.2 Å². The Labute approximate surface area is 107 Å². The zero-order valence-corrected chi connectivity index (χ0v) is 11.1. The first kappa shape index (κ1) is 13.9. The fourth-order valence-corrected chi connectivity index (χ4v) is 1.75. The van der Waals surface area contributed by atoms with Crippen molar-refractivity contribution >= 4 is 17.5 Å². The first-order chi connectivity index (χ1) is 8.10. The summed E-state index contributed by atoms with van der Waals surface area (Å²) in [5.74, 6) is -0.109. The number of halogens is 1. The highest BCUT2D eigenvalue weighted by Gasteiger charge is 2.17. The Bertz CT molecular complexity index is 396. The van der Waals surface area contributed by atoms with E-state index in [4.69, 9.17) is 16.3 Å². The highest BCUT2D eigenvalue weighted by Crippen LogP contribution is 2.17. The molecule has 1 amide bonds. The molecule has 0 radical (unpaired) electrons. The molecule has 0 N–H and O–H groups in total. The fourth-order valence-electron chi connectivity index (χ4n) is 1.46. The molecule has 1 aromatic heterocycles. The Kier molecular flexibility index (Phi) is 5.38. The molecule has 0 saturated heterocycles. The molecular weight excluding hydrogens is 240 g/mol. The number of aryl methyl sites for hydroxylation is 1. The van der Waals surface area contributed by atoms with Crippen molar-refractivity contribution in [2.75, 3.05) is 26.8 Å². The second kappa shape index (κ2) is 6.57. The first-order valence-corrected chi connectivity index (χ1v) is 5.88. The number of likely N-dealkylation sites (N-methyl/N-ethyl adjacent to an activating group) is 1. The van der Waals surface area contributed by atoms with Crippen LogP contribution in [0, 0.1) is 6.92 Å². The molecule has 94 valence electrons. The van der Waals surface area contributed by atoms with E-state index in [0.717, 1.165) is 5.69 Å². The maximum Gasteiger partial charge on any atom is 0.257 e. The zero-order valence-electron chi connectivity index (χ0n) is 10.4. The van der Waals surface area contributed by atoms with Gasteiger partial charge in [0, 0.05) is 32.1 Å². The van der Waals surface area contributed by atoms with E-state index in [0.29, 0.717) is 30.3 Å². The zero-order chi connectivity index (χ0) is 12.8. The van der Waals surface area contributed by atoms with Gasteiger partial charge in [0.1, 0.15) is 0 Å². The molecule has 1 heterocycles. The third kappa shape index (κ3) is 3.68. The summed E-state index contributed by atoms with van der Waals surface area (Å²) in [6.45, 7) is 5.44. The van der Waals surface area contributed by atoms with Gasteiger partial charge >= 0.3 is 0 Å². The molecule has 0 saturated carbocycles. The molecule has 1 aromatic rings. The summed E-state index contributed by atoms with van der Waals surface area (Å²) in [6, 6.07) is 1.69. The maximum atomic E-state index is 12.2. The lowest BCUT2D eigenvalue weighted by molar-refractivity contribution is 0.0706. The first-order valence-electron chi connectivity index (χ1n) is 5.50. The number of hydrogen-bond donors (Lipinski definition) is 0. The summed E-state index contributed by atoms with van der Waals surface area (Å²) in [4.78, 5) is 17.9. The number of aromatic nitrogens is 1. The van der Waals surface area contributed by atoms with Crippen LogP contribution in [-0.4, -0.2) is 42.6 Å². The summed E-state index contributed by atoms with van der Waals surface area (Å²) in [5, 5.41) is 0.443. The van der Waals surface area contributed by atoms with E-state index in [2.05, 4.69) is 4.98 Å². The van der Waals surface area contributed by atoms with E-state index < -0.39 is 0 Å². The van der Waals surface area contributed by atoms with Gasteiger partial charge in [0.25, 0.3) is 5.91 Å². The van der Waals surface area contributed by atoms with E-state index in [1.807, 2.05) is 13.8 Å². The van der Waals surface area contributed by atoms with Crippen LogP contribution in [-0.2, 0) is 4.74 Å². The molecule has 0 aliphatic rings. The second-order valence-corrected chi connectivity index (χ2v) is 4.09. The van der Waals surface area contributed by atoms with Crippen molar-refractivity contribution in [2.24, 2.45) is 0 Å². The lowest BCUT2D eigenvalue weighted by Gasteiger charge is -2.20. The van der Waals surface area contributed by atoms with E-state index in [-0.39, 0.29) is 5.91 Å². The van der Waals surface area contributed by atoms with Crippen LogP contribution in [0.2, 0.25) is 5.02 Å². The molecule has 0 unspecified atom stereocenters. The van der Waals surface area contributed by atoms with Gasteiger partial charge in [0.2, 0.25) is 0 Å². The van der Waals surface area contributed by atoms with Crippen molar-refractivity contribution in [1.82, 2.24) is 9.88 Å². The van der Waals surface area contributed by atoms with Crippen LogP contribution in [0.25, 0.3) is 0 Å². The Morgan fingerprint density at radius 1 is 1.59 bits per heavy atom. The van der Waals surface area contributed by atoms with E-state index in [9.17, 15) is 4.79 Å². The molecule has 0 aromatic carbocycles. The second-order valence-electron chi connectivity index (χ2n) is 3.68.